The molecule has 0 aromatic carbocycles. The van der Waals surface area contributed by atoms with Gasteiger partial charge in [-0.15, -0.1) is 0 Å². The zero-order valence-corrected chi connectivity index (χ0v) is 11.5. The Morgan fingerprint density at radius 2 is 2.10 bits per heavy atom. The summed E-state index contributed by atoms with van der Waals surface area (Å²) in [6.07, 6.45) is 2.71. The fourth-order valence-corrected chi connectivity index (χ4v) is 2.53. The molecule has 1 saturated heterocycles. The Hall–Kier alpha value is -1.34. The SMILES string of the molecule is O=C(O)C1CN(C(=O)N(CCCO)C2CCC2)CCO1. The van der Waals surface area contributed by atoms with Gasteiger partial charge in [-0.3, -0.25) is 0 Å². The highest BCUT2D eigenvalue weighted by atomic mass is 16.5. The molecule has 1 unspecified atom stereocenters. The fourth-order valence-electron chi connectivity index (χ4n) is 2.53. The van der Waals surface area contributed by atoms with Gasteiger partial charge in [0.1, 0.15) is 0 Å². The molecule has 2 aliphatic rings. The number of carbonyl (C=O) groups excluding carboxylic acids is 1. The third-order valence-corrected chi connectivity index (χ3v) is 3.93. The Morgan fingerprint density at radius 3 is 2.65 bits per heavy atom. The fraction of sp³-hybridized carbons (Fsp3) is 0.846. The molecule has 114 valence electrons. The van der Waals surface area contributed by atoms with Crippen molar-refractivity contribution in [2.24, 2.45) is 0 Å². The number of morpholine rings is 1. The van der Waals surface area contributed by atoms with Gasteiger partial charge < -0.3 is 24.7 Å². The summed E-state index contributed by atoms with van der Waals surface area (Å²) in [5.74, 6) is -1.03. The van der Waals surface area contributed by atoms with Crippen LogP contribution in [0.1, 0.15) is 25.7 Å². The molecule has 2 amide bonds. The van der Waals surface area contributed by atoms with Crippen LogP contribution in [0.15, 0.2) is 0 Å². The molecule has 0 aromatic heterocycles. The smallest absolute Gasteiger partial charge is 0.334 e. The van der Waals surface area contributed by atoms with Crippen LogP contribution in [0, 0.1) is 0 Å². The zero-order valence-electron chi connectivity index (χ0n) is 11.5. The molecule has 1 heterocycles. The number of nitrogens with zero attached hydrogens (tertiary/aromatic N) is 2. The van der Waals surface area contributed by atoms with Gasteiger partial charge in [-0.1, -0.05) is 0 Å². The van der Waals surface area contributed by atoms with Crippen molar-refractivity contribution in [2.45, 2.75) is 37.8 Å². The van der Waals surface area contributed by atoms with Crippen molar-refractivity contribution in [1.82, 2.24) is 9.80 Å². The topological polar surface area (TPSA) is 90.3 Å². The lowest BCUT2D eigenvalue weighted by Crippen LogP contribution is -2.56. The number of urea groups is 1. The molecule has 1 saturated carbocycles. The zero-order chi connectivity index (χ0) is 14.5. The van der Waals surface area contributed by atoms with E-state index in [4.69, 9.17) is 14.9 Å². The number of hydrogen-bond acceptors (Lipinski definition) is 4. The van der Waals surface area contributed by atoms with Gasteiger partial charge in [-0.25, -0.2) is 9.59 Å². The number of rotatable bonds is 5. The summed E-state index contributed by atoms with van der Waals surface area (Å²) >= 11 is 0. The Morgan fingerprint density at radius 1 is 1.35 bits per heavy atom. The molecule has 0 aromatic rings. The standard InChI is InChI=1S/C13H22N2O5/c16-7-2-5-15(10-3-1-4-10)13(19)14-6-8-20-11(9-14)12(17)18/h10-11,16H,1-9H2,(H,17,18). The summed E-state index contributed by atoms with van der Waals surface area (Å²) in [5, 5.41) is 17.9. The number of carboxylic acid groups (broad SMARTS) is 1. The number of aliphatic carboxylic acids is 1. The van der Waals surface area contributed by atoms with Crippen LogP contribution in [0.5, 0.6) is 0 Å². The molecule has 0 bridgehead atoms. The van der Waals surface area contributed by atoms with Crippen molar-refractivity contribution < 1.29 is 24.5 Å². The average Bonchev–Trinajstić information content (AvgIpc) is 2.40. The molecular formula is C13H22N2O5. The molecule has 7 nitrogen and oxygen atoms in total. The van der Waals surface area contributed by atoms with Crippen LogP contribution in [0.2, 0.25) is 0 Å². The van der Waals surface area contributed by atoms with Gasteiger partial charge in [0.15, 0.2) is 6.10 Å². The maximum absolute atomic E-state index is 12.5. The molecule has 0 radical (unpaired) electrons. The Bertz CT molecular complexity index is 359. The first kappa shape index (κ1) is 15.1. The third-order valence-electron chi connectivity index (χ3n) is 3.93. The number of aliphatic hydroxyl groups excluding tert-OH is 1. The van der Waals surface area contributed by atoms with Crippen molar-refractivity contribution in [2.75, 3.05) is 32.8 Å². The predicted molar refractivity (Wildman–Crippen MR) is 70.4 cm³/mol. The van der Waals surface area contributed by atoms with Gasteiger partial charge in [0.25, 0.3) is 0 Å². The minimum atomic E-state index is -1.03. The maximum atomic E-state index is 12.5. The van der Waals surface area contributed by atoms with Gasteiger partial charge in [0.05, 0.1) is 13.2 Å². The second-order valence-electron chi connectivity index (χ2n) is 5.28. The lowest BCUT2D eigenvalue weighted by molar-refractivity contribution is -0.154. The maximum Gasteiger partial charge on any atom is 0.334 e. The van der Waals surface area contributed by atoms with E-state index in [0.29, 0.717) is 19.5 Å². The van der Waals surface area contributed by atoms with E-state index in [1.807, 2.05) is 0 Å². The molecular weight excluding hydrogens is 264 g/mol. The van der Waals surface area contributed by atoms with Gasteiger partial charge in [0.2, 0.25) is 0 Å². The summed E-state index contributed by atoms with van der Waals surface area (Å²) in [6.45, 7) is 1.34. The highest BCUT2D eigenvalue weighted by Gasteiger charge is 2.35. The van der Waals surface area contributed by atoms with Crippen LogP contribution >= 0.6 is 0 Å². The molecule has 2 fully saturated rings. The van der Waals surface area contributed by atoms with Crippen molar-refractivity contribution in [1.29, 1.82) is 0 Å². The van der Waals surface area contributed by atoms with Gasteiger partial charge in [-0.2, -0.15) is 0 Å². The Labute approximate surface area is 118 Å². The van der Waals surface area contributed by atoms with Crippen LogP contribution in [-0.2, 0) is 9.53 Å². The monoisotopic (exact) mass is 286 g/mol. The summed E-state index contributed by atoms with van der Waals surface area (Å²) in [4.78, 5) is 26.8. The molecule has 2 N–H and O–H groups in total. The molecule has 7 heteroatoms. The number of hydrogen-bond donors (Lipinski definition) is 2. The van der Waals surface area contributed by atoms with Crippen molar-refractivity contribution in [3.63, 3.8) is 0 Å². The minimum Gasteiger partial charge on any atom is -0.479 e. The van der Waals surface area contributed by atoms with Crippen LogP contribution in [0.3, 0.4) is 0 Å². The van der Waals surface area contributed by atoms with E-state index in [1.165, 1.54) is 0 Å². The molecule has 2 rings (SSSR count). The van der Waals surface area contributed by atoms with E-state index in [1.54, 1.807) is 9.80 Å². The van der Waals surface area contributed by atoms with E-state index in [-0.39, 0.29) is 31.8 Å². The largest absolute Gasteiger partial charge is 0.479 e. The second-order valence-corrected chi connectivity index (χ2v) is 5.28. The summed E-state index contributed by atoms with van der Waals surface area (Å²) in [5.41, 5.74) is 0. The lowest BCUT2D eigenvalue weighted by Gasteiger charge is -2.42. The van der Waals surface area contributed by atoms with Crippen LogP contribution in [0.4, 0.5) is 4.79 Å². The summed E-state index contributed by atoms with van der Waals surface area (Å²) in [6, 6.07) is 0.109. The van der Waals surface area contributed by atoms with Crippen LogP contribution in [-0.4, -0.2) is 77.0 Å². The highest BCUT2D eigenvalue weighted by molar-refractivity contribution is 5.78. The lowest BCUT2D eigenvalue weighted by atomic mass is 9.91. The number of carboxylic acids is 1. The van der Waals surface area contributed by atoms with E-state index in [9.17, 15) is 9.59 Å². The highest BCUT2D eigenvalue weighted by Crippen LogP contribution is 2.26. The second kappa shape index (κ2) is 6.90. The van der Waals surface area contributed by atoms with Gasteiger partial charge in [-0.05, 0) is 25.7 Å². The van der Waals surface area contributed by atoms with Gasteiger partial charge in [0, 0.05) is 25.7 Å². The van der Waals surface area contributed by atoms with E-state index >= 15 is 0 Å². The van der Waals surface area contributed by atoms with Crippen LogP contribution < -0.4 is 0 Å². The quantitative estimate of drug-likeness (QED) is 0.749. The first-order valence-corrected chi connectivity index (χ1v) is 7.14. The van der Waals surface area contributed by atoms with Crippen molar-refractivity contribution in [3.05, 3.63) is 0 Å². The minimum absolute atomic E-state index is 0.0529. The summed E-state index contributed by atoms with van der Waals surface area (Å²) < 4.78 is 5.13. The molecule has 1 aliphatic heterocycles. The Balaban J connectivity index is 1.96. The number of ether oxygens (including phenoxy) is 1. The van der Waals surface area contributed by atoms with Crippen molar-refractivity contribution >= 4 is 12.0 Å². The van der Waals surface area contributed by atoms with Gasteiger partial charge >= 0.3 is 12.0 Å². The first-order chi connectivity index (χ1) is 9.63. The third kappa shape index (κ3) is 3.40. The molecule has 0 spiro atoms. The molecule has 20 heavy (non-hydrogen) atoms. The average molecular weight is 286 g/mol. The van der Waals surface area contributed by atoms with E-state index in [2.05, 4.69) is 0 Å². The normalized spacial score (nSPS) is 23.2. The number of aliphatic hydroxyl groups is 1. The van der Waals surface area contributed by atoms with Crippen LogP contribution in [0.25, 0.3) is 0 Å². The van der Waals surface area contributed by atoms with Crippen molar-refractivity contribution in [3.8, 4) is 0 Å². The summed E-state index contributed by atoms with van der Waals surface area (Å²) in [7, 11) is 0. The molecule has 1 atom stereocenters. The number of carbonyl (C=O) groups is 2. The first-order valence-electron chi connectivity index (χ1n) is 7.14. The van der Waals surface area contributed by atoms with E-state index in [0.717, 1.165) is 19.3 Å². The Kier molecular flexibility index (Phi) is 5.19. The predicted octanol–water partition coefficient (Wildman–Crippen LogP) is 0.129. The van der Waals surface area contributed by atoms with E-state index < -0.39 is 12.1 Å². The number of amides is 2. The molecule has 1 aliphatic carbocycles.